The molecule has 0 aliphatic heterocycles. The van der Waals surface area contributed by atoms with Gasteiger partial charge in [0, 0.05) is 12.4 Å². The van der Waals surface area contributed by atoms with Crippen molar-refractivity contribution in [3.05, 3.63) is 0 Å². The Morgan fingerprint density at radius 2 is 1.48 bits per heavy atom. The smallest absolute Gasteiger partial charge is 0.105 e. The summed E-state index contributed by atoms with van der Waals surface area (Å²) in [5, 5.41) is 20.6. The Balaban J connectivity index is 3.54. The van der Waals surface area contributed by atoms with Gasteiger partial charge >= 0.3 is 0 Å². The summed E-state index contributed by atoms with van der Waals surface area (Å²) in [6, 6.07) is 0. The second kappa shape index (κ2) is 13.8. The first-order chi connectivity index (χ1) is 10.9. The maximum absolute atomic E-state index is 10.4. The van der Waals surface area contributed by atoms with Crippen LogP contribution in [0.5, 0.6) is 0 Å². The molecule has 1 unspecified atom stereocenters. The Labute approximate surface area is 143 Å². The Morgan fingerprint density at radius 1 is 0.957 bits per heavy atom. The van der Waals surface area contributed by atoms with E-state index in [-0.39, 0.29) is 12.5 Å². The lowest BCUT2D eigenvalue weighted by Gasteiger charge is -2.32. The van der Waals surface area contributed by atoms with Crippen molar-refractivity contribution in [3.63, 3.8) is 0 Å². The number of aliphatic carboxylic acids is 1. The predicted molar refractivity (Wildman–Crippen MR) is 93.9 cm³/mol. The molecule has 4 nitrogen and oxygen atoms in total. The van der Waals surface area contributed by atoms with E-state index >= 15 is 0 Å². The molecule has 0 spiro atoms. The molecule has 1 atom stereocenters. The topological polar surface area (TPSA) is 60.4 Å². The number of carbonyl (C=O) groups is 1. The molecule has 0 saturated carbocycles. The summed E-state index contributed by atoms with van der Waals surface area (Å²) < 4.78 is 0.672. The number of aliphatic hydroxyl groups is 1. The molecule has 1 N–H and O–H groups in total. The summed E-state index contributed by atoms with van der Waals surface area (Å²) in [5.41, 5.74) is 0. The number of aliphatic hydroxyl groups excluding tert-OH is 1. The third-order valence-electron chi connectivity index (χ3n) is 4.49. The van der Waals surface area contributed by atoms with E-state index in [1.807, 2.05) is 0 Å². The van der Waals surface area contributed by atoms with E-state index < -0.39 is 5.97 Å². The number of nitrogens with zero attached hydrogens (tertiary/aromatic N) is 1. The molecule has 0 aromatic rings. The monoisotopic (exact) mass is 329 g/mol. The summed E-state index contributed by atoms with van der Waals surface area (Å²) in [5.74, 6) is -0.986. The van der Waals surface area contributed by atoms with Crippen molar-refractivity contribution < 1.29 is 19.5 Å². The van der Waals surface area contributed by atoms with Gasteiger partial charge < -0.3 is 19.5 Å². The van der Waals surface area contributed by atoms with E-state index in [0.29, 0.717) is 17.4 Å². The number of carbonyl (C=O) groups excluding carboxylic acids is 1. The van der Waals surface area contributed by atoms with Crippen LogP contribution in [-0.2, 0) is 4.79 Å². The van der Waals surface area contributed by atoms with E-state index in [9.17, 15) is 15.0 Å². The molecule has 0 saturated heterocycles. The highest BCUT2D eigenvalue weighted by molar-refractivity contribution is 5.64. The molecule has 0 bridgehead atoms. The maximum Gasteiger partial charge on any atom is 0.105 e. The molecule has 138 valence electrons. The largest absolute Gasteiger partial charge is 0.550 e. The number of hydrogen-bond donors (Lipinski definition) is 1. The number of carboxylic acid groups (broad SMARTS) is 1. The van der Waals surface area contributed by atoms with Crippen molar-refractivity contribution in [2.45, 2.75) is 90.1 Å². The van der Waals surface area contributed by atoms with Crippen molar-refractivity contribution in [3.8, 4) is 0 Å². The molecule has 0 aliphatic rings. The van der Waals surface area contributed by atoms with Crippen molar-refractivity contribution in [1.29, 1.82) is 0 Å². The quantitative estimate of drug-likeness (QED) is 0.350. The molecule has 0 heterocycles. The number of quaternary nitrogens is 1. The number of likely N-dealkylation sites (N-methyl/N-ethyl adjacent to an activating group) is 1. The van der Waals surface area contributed by atoms with Gasteiger partial charge in [0.1, 0.15) is 12.6 Å². The lowest BCUT2D eigenvalue weighted by Crippen LogP contribution is -2.46. The summed E-state index contributed by atoms with van der Waals surface area (Å²) >= 11 is 0. The Hall–Kier alpha value is -0.610. The summed E-state index contributed by atoms with van der Waals surface area (Å²) in [6.45, 7) is 3.71. The van der Waals surface area contributed by atoms with E-state index in [2.05, 4.69) is 21.0 Å². The van der Waals surface area contributed by atoms with Crippen LogP contribution in [0.25, 0.3) is 0 Å². The van der Waals surface area contributed by atoms with E-state index in [4.69, 9.17) is 0 Å². The number of rotatable bonds is 16. The van der Waals surface area contributed by atoms with Gasteiger partial charge in [-0.15, -0.1) is 0 Å². The third kappa shape index (κ3) is 16.0. The van der Waals surface area contributed by atoms with Gasteiger partial charge in [-0.25, -0.2) is 0 Å². The van der Waals surface area contributed by atoms with Gasteiger partial charge in [0.2, 0.25) is 0 Å². The second-order valence-electron chi connectivity index (χ2n) is 7.59. The molecule has 0 aromatic heterocycles. The zero-order valence-electron chi connectivity index (χ0n) is 15.7. The van der Waals surface area contributed by atoms with Gasteiger partial charge in [0.25, 0.3) is 0 Å². The van der Waals surface area contributed by atoms with Crippen LogP contribution in [0.2, 0.25) is 0 Å². The summed E-state index contributed by atoms with van der Waals surface area (Å²) in [6.07, 6.45) is 13.0. The highest BCUT2D eigenvalue weighted by atomic mass is 16.4. The first kappa shape index (κ1) is 22.4. The van der Waals surface area contributed by atoms with Crippen LogP contribution < -0.4 is 5.11 Å². The number of hydrogen-bond acceptors (Lipinski definition) is 3. The van der Waals surface area contributed by atoms with Crippen LogP contribution in [0, 0.1) is 0 Å². The standard InChI is InChI=1S/C19H39NO3/c1-4-5-6-7-8-9-10-11-12-14-18(21)17-20(2,3)16-13-15-19(22)23/h18,21H,4-17H2,1-3H3. The fourth-order valence-electron chi connectivity index (χ4n) is 3.10. The van der Waals surface area contributed by atoms with Gasteiger partial charge in [-0.2, -0.15) is 0 Å². The lowest BCUT2D eigenvalue weighted by atomic mass is 10.0. The Morgan fingerprint density at radius 3 is 2.00 bits per heavy atom. The van der Waals surface area contributed by atoms with Gasteiger partial charge in [-0.3, -0.25) is 0 Å². The van der Waals surface area contributed by atoms with Crippen molar-refractivity contribution >= 4 is 5.97 Å². The Bertz CT molecular complexity index is 292. The molecule has 0 aliphatic carbocycles. The highest BCUT2D eigenvalue weighted by Gasteiger charge is 2.19. The highest BCUT2D eigenvalue weighted by Crippen LogP contribution is 2.13. The third-order valence-corrected chi connectivity index (χ3v) is 4.49. The van der Waals surface area contributed by atoms with Crippen LogP contribution in [0.1, 0.15) is 84.0 Å². The minimum absolute atomic E-state index is 0.107. The minimum Gasteiger partial charge on any atom is -0.550 e. The summed E-state index contributed by atoms with van der Waals surface area (Å²) in [4.78, 5) is 10.4. The van der Waals surface area contributed by atoms with Crippen LogP contribution in [0.4, 0.5) is 0 Å². The fourth-order valence-corrected chi connectivity index (χ4v) is 3.10. The molecule has 0 aromatic carbocycles. The number of carboxylic acids is 1. The molecule has 0 radical (unpaired) electrons. The molecule has 4 heteroatoms. The van der Waals surface area contributed by atoms with Gasteiger partial charge in [-0.1, -0.05) is 64.7 Å². The normalized spacial score (nSPS) is 13.2. The van der Waals surface area contributed by atoms with Crippen LogP contribution in [0.3, 0.4) is 0 Å². The first-order valence-electron chi connectivity index (χ1n) is 9.57. The average Bonchev–Trinajstić information content (AvgIpc) is 2.44. The maximum atomic E-state index is 10.4. The molecule has 0 rings (SSSR count). The van der Waals surface area contributed by atoms with Crippen LogP contribution in [0.15, 0.2) is 0 Å². The van der Waals surface area contributed by atoms with Crippen molar-refractivity contribution in [2.75, 3.05) is 27.2 Å². The zero-order chi connectivity index (χ0) is 17.6. The predicted octanol–water partition coefficient (Wildman–Crippen LogP) is 2.87. The van der Waals surface area contributed by atoms with Gasteiger partial charge in [0.15, 0.2) is 0 Å². The fraction of sp³-hybridized carbons (Fsp3) is 0.947. The summed E-state index contributed by atoms with van der Waals surface area (Å²) in [7, 11) is 4.10. The molecule has 0 fully saturated rings. The molecular formula is C19H39NO3. The van der Waals surface area contributed by atoms with Gasteiger partial charge in [-0.05, 0) is 12.8 Å². The number of unbranched alkanes of at least 4 members (excludes halogenated alkanes) is 8. The van der Waals surface area contributed by atoms with Crippen molar-refractivity contribution in [1.82, 2.24) is 0 Å². The zero-order valence-corrected chi connectivity index (χ0v) is 15.7. The van der Waals surface area contributed by atoms with Crippen LogP contribution >= 0.6 is 0 Å². The first-order valence-corrected chi connectivity index (χ1v) is 9.57. The SMILES string of the molecule is CCCCCCCCCCCC(O)C[N+](C)(C)CCCC(=O)[O-]. The van der Waals surface area contributed by atoms with E-state index in [1.165, 1.54) is 51.4 Å². The Kier molecular flexibility index (Phi) is 13.4. The minimum atomic E-state index is -0.986. The van der Waals surface area contributed by atoms with Crippen molar-refractivity contribution in [2.24, 2.45) is 0 Å². The van der Waals surface area contributed by atoms with Crippen LogP contribution in [-0.4, -0.2) is 48.8 Å². The molecule has 0 amide bonds. The molecule has 23 heavy (non-hydrogen) atoms. The lowest BCUT2D eigenvalue weighted by molar-refractivity contribution is -0.893. The second-order valence-corrected chi connectivity index (χ2v) is 7.59. The molecular weight excluding hydrogens is 290 g/mol. The van der Waals surface area contributed by atoms with Gasteiger partial charge in [0.05, 0.1) is 20.6 Å². The van der Waals surface area contributed by atoms with E-state index in [0.717, 1.165) is 19.4 Å². The van der Waals surface area contributed by atoms with E-state index in [1.54, 1.807) is 0 Å². The average molecular weight is 330 g/mol.